The summed E-state index contributed by atoms with van der Waals surface area (Å²) < 4.78 is 10.1. The van der Waals surface area contributed by atoms with Crippen LogP contribution in [-0.2, 0) is 9.47 Å². The van der Waals surface area contributed by atoms with Gasteiger partial charge in [0.05, 0.1) is 6.61 Å². The second kappa shape index (κ2) is 7.22. The maximum absolute atomic E-state index is 9.67. The molecule has 1 heterocycles. The van der Waals surface area contributed by atoms with E-state index >= 15 is 0 Å². The van der Waals surface area contributed by atoms with Crippen molar-refractivity contribution in [3.05, 3.63) is 0 Å². The molecule has 0 radical (unpaired) electrons. The highest BCUT2D eigenvalue weighted by Crippen LogP contribution is 2.19. The highest BCUT2D eigenvalue weighted by molar-refractivity contribution is 4.90. The Labute approximate surface area is 100.0 Å². The van der Waals surface area contributed by atoms with Gasteiger partial charge in [-0.3, -0.25) is 5.32 Å². The van der Waals surface area contributed by atoms with Gasteiger partial charge in [0.2, 0.25) is 0 Å². The van der Waals surface area contributed by atoms with Crippen LogP contribution in [0.15, 0.2) is 0 Å². The van der Waals surface area contributed by atoms with Crippen LogP contribution in [0.1, 0.15) is 6.42 Å². The van der Waals surface area contributed by atoms with E-state index in [9.17, 15) is 15.3 Å². The summed E-state index contributed by atoms with van der Waals surface area (Å²) in [6.07, 6.45) is -4.81. The zero-order valence-corrected chi connectivity index (χ0v) is 9.82. The first-order valence-corrected chi connectivity index (χ1v) is 5.64. The molecule has 7 heteroatoms. The average molecular weight is 251 g/mol. The number of nitrogens with one attached hydrogen (secondary N) is 1. The van der Waals surface area contributed by atoms with Gasteiger partial charge in [0, 0.05) is 13.7 Å². The molecular formula is C10H21NO6. The summed E-state index contributed by atoms with van der Waals surface area (Å²) in [4.78, 5) is 0. The number of rotatable bonds is 6. The molecule has 0 aliphatic carbocycles. The van der Waals surface area contributed by atoms with Crippen LogP contribution in [-0.4, -0.2) is 77.9 Å². The minimum Gasteiger partial charge on any atom is -0.394 e. The molecule has 0 bridgehead atoms. The molecule has 5 N–H and O–H groups in total. The van der Waals surface area contributed by atoms with Gasteiger partial charge in [-0.15, -0.1) is 0 Å². The molecule has 0 aromatic rings. The Morgan fingerprint density at radius 3 is 2.47 bits per heavy atom. The highest BCUT2D eigenvalue weighted by atomic mass is 16.6. The summed E-state index contributed by atoms with van der Waals surface area (Å²) in [5.41, 5.74) is 0. The van der Waals surface area contributed by atoms with E-state index in [4.69, 9.17) is 14.6 Å². The van der Waals surface area contributed by atoms with E-state index in [1.807, 2.05) is 0 Å². The second-order valence-electron chi connectivity index (χ2n) is 4.05. The average Bonchev–Trinajstić information content (AvgIpc) is 2.34. The molecular weight excluding hydrogens is 230 g/mol. The number of aliphatic hydroxyl groups excluding tert-OH is 4. The summed E-state index contributed by atoms with van der Waals surface area (Å²) >= 11 is 0. The molecule has 0 saturated carbocycles. The topological polar surface area (TPSA) is 111 Å². The molecule has 0 aromatic carbocycles. The summed E-state index contributed by atoms with van der Waals surface area (Å²) in [5.74, 6) is 0. The first-order chi connectivity index (χ1) is 8.11. The van der Waals surface area contributed by atoms with Crippen LogP contribution in [0, 0.1) is 0 Å². The minimum atomic E-state index is -1.33. The molecule has 7 nitrogen and oxygen atoms in total. The largest absolute Gasteiger partial charge is 0.394 e. The third kappa shape index (κ3) is 3.85. The normalized spacial score (nSPS) is 38.3. The van der Waals surface area contributed by atoms with E-state index < -0.39 is 37.3 Å². The number of aliphatic hydroxyl groups is 4. The van der Waals surface area contributed by atoms with Crippen LogP contribution >= 0.6 is 0 Å². The van der Waals surface area contributed by atoms with E-state index in [1.54, 1.807) is 7.11 Å². The van der Waals surface area contributed by atoms with Crippen molar-refractivity contribution in [1.29, 1.82) is 0 Å². The lowest BCUT2D eigenvalue weighted by molar-refractivity contribution is -0.236. The Morgan fingerprint density at radius 1 is 1.18 bits per heavy atom. The molecule has 102 valence electrons. The molecule has 1 rings (SSSR count). The Hall–Kier alpha value is -0.280. The zero-order chi connectivity index (χ0) is 12.8. The van der Waals surface area contributed by atoms with Gasteiger partial charge in [0.25, 0.3) is 0 Å². The van der Waals surface area contributed by atoms with Crippen molar-refractivity contribution in [3.63, 3.8) is 0 Å². The summed E-state index contributed by atoms with van der Waals surface area (Å²) in [7, 11) is 1.59. The van der Waals surface area contributed by atoms with Gasteiger partial charge in [-0.25, -0.2) is 0 Å². The SMILES string of the molecule is COCCCNC1O[C@H](CO)[C@@H](O)[C@H](O)[C@H]1O. The predicted molar refractivity (Wildman–Crippen MR) is 58.3 cm³/mol. The number of hydrogen-bond donors (Lipinski definition) is 5. The Bertz CT molecular complexity index is 215. The lowest BCUT2D eigenvalue weighted by Crippen LogP contribution is -2.62. The van der Waals surface area contributed by atoms with Crippen LogP contribution in [0.5, 0.6) is 0 Å². The van der Waals surface area contributed by atoms with Gasteiger partial charge < -0.3 is 29.9 Å². The Morgan fingerprint density at radius 2 is 1.88 bits per heavy atom. The fourth-order valence-corrected chi connectivity index (χ4v) is 1.73. The van der Waals surface area contributed by atoms with E-state index in [0.717, 1.165) is 6.42 Å². The molecule has 1 unspecified atom stereocenters. The van der Waals surface area contributed by atoms with Crippen molar-refractivity contribution >= 4 is 0 Å². The van der Waals surface area contributed by atoms with Gasteiger partial charge in [0.1, 0.15) is 30.6 Å². The fraction of sp³-hybridized carbons (Fsp3) is 1.00. The lowest BCUT2D eigenvalue weighted by atomic mass is 9.98. The maximum Gasteiger partial charge on any atom is 0.137 e. The fourth-order valence-electron chi connectivity index (χ4n) is 1.73. The van der Waals surface area contributed by atoms with Crippen LogP contribution in [0.4, 0.5) is 0 Å². The monoisotopic (exact) mass is 251 g/mol. The predicted octanol–water partition coefficient (Wildman–Crippen LogP) is -2.59. The van der Waals surface area contributed by atoms with E-state index in [-0.39, 0.29) is 0 Å². The van der Waals surface area contributed by atoms with Crippen LogP contribution in [0.2, 0.25) is 0 Å². The molecule has 0 amide bonds. The Balaban J connectivity index is 2.42. The highest BCUT2D eigenvalue weighted by Gasteiger charge is 2.42. The van der Waals surface area contributed by atoms with Crippen molar-refractivity contribution in [2.24, 2.45) is 0 Å². The van der Waals surface area contributed by atoms with Crippen molar-refractivity contribution < 1.29 is 29.9 Å². The quantitative estimate of drug-likeness (QED) is 0.329. The lowest BCUT2D eigenvalue weighted by Gasteiger charge is -2.40. The van der Waals surface area contributed by atoms with E-state index in [0.29, 0.717) is 13.2 Å². The van der Waals surface area contributed by atoms with Gasteiger partial charge in [0.15, 0.2) is 0 Å². The maximum atomic E-state index is 9.67. The number of ether oxygens (including phenoxy) is 2. The van der Waals surface area contributed by atoms with Crippen molar-refractivity contribution in [2.75, 3.05) is 26.9 Å². The molecule has 17 heavy (non-hydrogen) atoms. The second-order valence-corrected chi connectivity index (χ2v) is 4.05. The summed E-state index contributed by atoms with van der Waals surface area (Å²) in [6, 6.07) is 0. The van der Waals surface area contributed by atoms with E-state index in [1.165, 1.54) is 0 Å². The minimum absolute atomic E-state index is 0.415. The number of hydrogen-bond acceptors (Lipinski definition) is 7. The van der Waals surface area contributed by atoms with Gasteiger partial charge >= 0.3 is 0 Å². The molecule has 1 fully saturated rings. The standard InChI is InChI=1S/C10H21NO6/c1-16-4-2-3-11-10-9(15)8(14)7(13)6(5-12)17-10/h6-15H,2-5H2,1H3/t6-,7-,8+,9-,10?/m1/s1. The van der Waals surface area contributed by atoms with Gasteiger partial charge in [-0.1, -0.05) is 0 Å². The van der Waals surface area contributed by atoms with Crippen molar-refractivity contribution in [2.45, 2.75) is 37.1 Å². The summed E-state index contributed by atoms with van der Waals surface area (Å²) in [5, 5.41) is 40.6. The zero-order valence-electron chi connectivity index (χ0n) is 9.82. The van der Waals surface area contributed by atoms with Crippen LogP contribution < -0.4 is 5.32 Å². The van der Waals surface area contributed by atoms with Crippen molar-refractivity contribution in [3.8, 4) is 0 Å². The van der Waals surface area contributed by atoms with E-state index in [2.05, 4.69) is 5.32 Å². The molecule has 0 aromatic heterocycles. The molecule has 1 aliphatic rings. The third-order valence-electron chi connectivity index (χ3n) is 2.76. The van der Waals surface area contributed by atoms with Gasteiger partial charge in [-0.2, -0.15) is 0 Å². The Kier molecular flexibility index (Phi) is 6.28. The molecule has 1 aliphatic heterocycles. The first-order valence-electron chi connectivity index (χ1n) is 5.64. The number of methoxy groups -OCH3 is 1. The smallest absolute Gasteiger partial charge is 0.137 e. The van der Waals surface area contributed by atoms with Crippen LogP contribution in [0.3, 0.4) is 0 Å². The first kappa shape index (κ1) is 14.8. The summed E-state index contributed by atoms with van der Waals surface area (Å²) in [6.45, 7) is 0.697. The molecule has 0 spiro atoms. The third-order valence-corrected chi connectivity index (χ3v) is 2.76. The molecule has 5 atom stereocenters. The van der Waals surface area contributed by atoms with Gasteiger partial charge in [-0.05, 0) is 13.0 Å². The molecule has 1 saturated heterocycles. The van der Waals surface area contributed by atoms with Crippen molar-refractivity contribution in [1.82, 2.24) is 5.32 Å². The van der Waals surface area contributed by atoms with Crippen LogP contribution in [0.25, 0.3) is 0 Å².